The number of nitrogens with zero attached hydrogens (tertiary/aromatic N) is 2. The summed E-state index contributed by atoms with van der Waals surface area (Å²) in [6.45, 7) is 7.10. The number of hydrogen-bond donors (Lipinski definition) is 1. The van der Waals surface area contributed by atoms with E-state index < -0.39 is 6.04 Å². The Balaban J connectivity index is 2.15. The molecule has 0 radical (unpaired) electrons. The maximum Gasteiger partial charge on any atom is 0.245 e. The van der Waals surface area contributed by atoms with Crippen molar-refractivity contribution in [2.45, 2.75) is 46.2 Å². The average molecular weight is 289 g/mol. The molecular weight excluding hydrogens is 266 g/mol. The third-order valence-corrected chi connectivity index (χ3v) is 3.77. The summed E-state index contributed by atoms with van der Waals surface area (Å²) >= 11 is 0. The highest BCUT2D eigenvalue weighted by atomic mass is 16.2. The number of amides is 2. The Morgan fingerprint density at radius 2 is 2.19 bits per heavy atom. The maximum atomic E-state index is 12.6. The van der Waals surface area contributed by atoms with Crippen molar-refractivity contribution < 1.29 is 9.59 Å². The van der Waals surface area contributed by atoms with Gasteiger partial charge in [-0.3, -0.25) is 14.6 Å². The largest absolute Gasteiger partial charge is 0.344 e. The Morgan fingerprint density at radius 1 is 1.43 bits per heavy atom. The normalized spacial score (nSPS) is 19.6. The molecule has 2 heterocycles. The van der Waals surface area contributed by atoms with Crippen LogP contribution in [0.5, 0.6) is 0 Å². The number of aromatic nitrogens is 1. The van der Waals surface area contributed by atoms with E-state index in [1.807, 2.05) is 13.0 Å². The molecule has 1 aromatic heterocycles. The van der Waals surface area contributed by atoms with Crippen molar-refractivity contribution >= 4 is 11.8 Å². The third-order valence-electron chi connectivity index (χ3n) is 3.77. The monoisotopic (exact) mass is 289 g/mol. The molecule has 0 bridgehead atoms. The van der Waals surface area contributed by atoms with E-state index in [0.717, 1.165) is 11.1 Å². The first kappa shape index (κ1) is 15.5. The molecule has 114 valence electrons. The van der Waals surface area contributed by atoms with E-state index >= 15 is 0 Å². The first-order chi connectivity index (χ1) is 9.97. The second-order valence-corrected chi connectivity index (χ2v) is 6.06. The molecule has 0 aliphatic carbocycles. The minimum absolute atomic E-state index is 0.0119. The van der Waals surface area contributed by atoms with Gasteiger partial charge in [0, 0.05) is 31.9 Å². The van der Waals surface area contributed by atoms with Crippen molar-refractivity contribution in [3.8, 4) is 0 Å². The SMILES string of the molecule is Cc1ccncc1CN1CCC(=O)NC(CC(C)C)C1=O. The second-order valence-electron chi connectivity index (χ2n) is 6.06. The number of pyridine rings is 1. The summed E-state index contributed by atoms with van der Waals surface area (Å²) in [5, 5.41) is 2.84. The fraction of sp³-hybridized carbons (Fsp3) is 0.562. The highest BCUT2D eigenvalue weighted by Crippen LogP contribution is 2.15. The molecule has 0 aromatic carbocycles. The molecule has 1 fully saturated rings. The van der Waals surface area contributed by atoms with Crippen LogP contribution in [0.4, 0.5) is 0 Å². The molecule has 1 aliphatic heterocycles. The van der Waals surface area contributed by atoms with Gasteiger partial charge in [-0.2, -0.15) is 0 Å². The van der Waals surface area contributed by atoms with Crippen LogP contribution in [0.25, 0.3) is 0 Å². The van der Waals surface area contributed by atoms with Crippen LogP contribution in [-0.4, -0.2) is 34.3 Å². The van der Waals surface area contributed by atoms with Gasteiger partial charge < -0.3 is 10.2 Å². The Hall–Kier alpha value is -1.91. The molecular formula is C16H23N3O2. The lowest BCUT2D eigenvalue weighted by molar-refractivity contribution is -0.134. The van der Waals surface area contributed by atoms with E-state index in [0.29, 0.717) is 31.8 Å². The first-order valence-electron chi connectivity index (χ1n) is 7.45. The van der Waals surface area contributed by atoms with Crippen LogP contribution in [-0.2, 0) is 16.1 Å². The molecule has 1 aliphatic rings. The van der Waals surface area contributed by atoms with Gasteiger partial charge in [-0.1, -0.05) is 13.8 Å². The van der Waals surface area contributed by atoms with E-state index in [2.05, 4.69) is 24.1 Å². The van der Waals surface area contributed by atoms with Gasteiger partial charge in [0.1, 0.15) is 6.04 Å². The van der Waals surface area contributed by atoms with E-state index in [1.165, 1.54) is 0 Å². The molecule has 2 amide bonds. The predicted molar refractivity (Wildman–Crippen MR) is 80.4 cm³/mol. The van der Waals surface area contributed by atoms with Gasteiger partial charge in [-0.15, -0.1) is 0 Å². The quantitative estimate of drug-likeness (QED) is 0.917. The van der Waals surface area contributed by atoms with Gasteiger partial charge in [0.05, 0.1) is 0 Å². The molecule has 1 aromatic rings. The zero-order valence-electron chi connectivity index (χ0n) is 12.9. The predicted octanol–water partition coefficient (Wildman–Crippen LogP) is 1.65. The zero-order chi connectivity index (χ0) is 15.4. The Labute approximate surface area is 125 Å². The van der Waals surface area contributed by atoms with Gasteiger partial charge in [0.25, 0.3) is 0 Å². The van der Waals surface area contributed by atoms with E-state index in [1.54, 1.807) is 17.3 Å². The highest BCUT2D eigenvalue weighted by molar-refractivity contribution is 5.89. The lowest BCUT2D eigenvalue weighted by Gasteiger charge is -2.25. The summed E-state index contributed by atoms with van der Waals surface area (Å²) in [5.74, 6) is 0.330. The Morgan fingerprint density at radius 3 is 2.86 bits per heavy atom. The van der Waals surface area contributed by atoms with Crippen LogP contribution in [0.1, 0.15) is 37.8 Å². The van der Waals surface area contributed by atoms with E-state index in [9.17, 15) is 9.59 Å². The minimum Gasteiger partial charge on any atom is -0.344 e. The number of carbonyl (C=O) groups excluding carboxylic acids is 2. The van der Waals surface area contributed by atoms with Gasteiger partial charge in [-0.25, -0.2) is 0 Å². The third kappa shape index (κ3) is 4.03. The summed E-state index contributed by atoms with van der Waals surface area (Å²) in [6, 6.07) is 1.53. The van der Waals surface area contributed by atoms with Crippen LogP contribution in [0.3, 0.4) is 0 Å². The Kier molecular flexibility index (Phi) is 4.94. The fourth-order valence-electron chi connectivity index (χ4n) is 2.55. The van der Waals surface area contributed by atoms with Crippen molar-refractivity contribution in [3.05, 3.63) is 29.6 Å². The summed E-state index contributed by atoms with van der Waals surface area (Å²) in [4.78, 5) is 30.3. The summed E-state index contributed by atoms with van der Waals surface area (Å²) in [6.07, 6.45) is 4.57. The second kappa shape index (κ2) is 6.70. The van der Waals surface area contributed by atoms with Crippen molar-refractivity contribution in [3.63, 3.8) is 0 Å². The van der Waals surface area contributed by atoms with Gasteiger partial charge in [-0.05, 0) is 36.5 Å². The molecule has 1 atom stereocenters. The Bertz CT molecular complexity index is 528. The molecule has 0 saturated carbocycles. The van der Waals surface area contributed by atoms with Crippen molar-refractivity contribution in [1.82, 2.24) is 15.2 Å². The molecule has 0 spiro atoms. The van der Waals surface area contributed by atoms with Crippen LogP contribution in [0.15, 0.2) is 18.5 Å². The van der Waals surface area contributed by atoms with Crippen LogP contribution in [0, 0.1) is 12.8 Å². The molecule has 1 unspecified atom stereocenters. The van der Waals surface area contributed by atoms with Crippen LogP contribution >= 0.6 is 0 Å². The van der Waals surface area contributed by atoms with Gasteiger partial charge >= 0.3 is 0 Å². The van der Waals surface area contributed by atoms with Crippen molar-refractivity contribution in [2.24, 2.45) is 5.92 Å². The maximum absolute atomic E-state index is 12.6. The first-order valence-corrected chi connectivity index (χ1v) is 7.45. The van der Waals surface area contributed by atoms with Gasteiger partial charge in [0.2, 0.25) is 11.8 Å². The number of rotatable bonds is 4. The summed E-state index contributed by atoms with van der Waals surface area (Å²) in [7, 11) is 0. The number of nitrogens with one attached hydrogen (secondary N) is 1. The highest BCUT2D eigenvalue weighted by Gasteiger charge is 2.30. The number of hydrogen-bond acceptors (Lipinski definition) is 3. The minimum atomic E-state index is -0.406. The standard InChI is InChI=1S/C16H23N3O2/c1-11(2)8-14-16(21)19(7-5-15(20)18-14)10-13-9-17-6-4-12(13)3/h4,6,9,11,14H,5,7-8,10H2,1-3H3,(H,18,20). The summed E-state index contributed by atoms with van der Waals surface area (Å²) in [5.41, 5.74) is 2.14. The van der Waals surface area contributed by atoms with Crippen molar-refractivity contribution in [1.29, 1.82) is 0 Å². The number of carbonyl (C=O) groups is 2. The molecule has 1 N–H and O–H groups in total. The number of aryl methyl sites for hydroxylation is 1. The molecule has 5 heteroatoms. The molecule has 2 rings (SSSR count). The van der Waals surface area contributed by atoms with E-state index in [4.69, 9.17) is 0 Å². The molecule has 1 saturated heterocycles. The summed E-state index contributed by atoms with van der Waals surface area (Å²) < 4.78 is 0. The van der Waals surface area contributed by atoms with Crippen LogP contribution in [0.2, 0.25) is 0 Å². The molecule has 21 heavy (non-hydrogen) atoms. The lowest BCUT2D eigenvalue weighted by Crippen LogP contribution is -2.45. The van der Waals surface area contributed by atoms with Gasteiger partial charge in [0.15, 0.2) is 0 Å². The van der Waals surface area contributed by atoms with Crippen molar-refractivity contribution in [2.75, 3.05) is 6.54 Å². The average Bonchev–Trinajstić information content (AvgIpc) is 2.54. The van der Waals surface area contributed by atoms with Crippen LogP contribution < -0.4 is 5.32 Å². The van der Waals surface area contributed by atoms with E-state index in [-0.39, 0.29) is 11.8 Å². The smallest absolute Gasteiger partial charge is 0.245 e. The molecule has 5 nitrogen and oxygen atoms in total. The lowest BCUT2D eigenvalue weighted by atomic mass is 10.0. The zero-order valence-corrected chi connectivity index (χ0v) is 12.9. The topological polar surface area (TPSA) is 62.3 Å². The fourth-order valence-corrected chi connectivity index (χ4v) is 2.55.